The van der Waals surface area contributed by atoms with Gasteiger partial charge in [-0.2, -0.15) is 0 Å². The molecule has 3 aromatic rings. The van der Waals surface area contributed by atoms with Crippen LogP contribution < -0.4 is 14.2 Å². The number of rotatable bonds is 8. The quantitative estimate of drug-likeness (QED) is 0.505. The molecule has 1 atom stereocenters. The van der Waals surface area contributed by atoms with E-state index in [1.54, 1.807) is 36.5 Å². The largest absolute Gasteiger partial charge is 0.493 e. The van der Waals surface area contributed by atoms with Gasteiger partial charge >= 0.3 is 0 Å². The van der Waals surface area contributed by atoms with Gasteiger partial charge in [-0.3, -0.25) is 4.79 Å². The number of aliphatic hydroxyl groups is 2. The van der Waals surface area contributed by atoms with Crippen LogP contribution in [0.25, 0.3) is 11.3 Å². The lowest BCUT2D eigenvalue weighted by atomic mass is 9.92. The number of aromatic nitrogens is 1. The van der Waals surface area contributed by atoms with Gasteiger partial charge in [0.2, 0.25) is 5.75 Å². The summed E-state index contributed by atoms with van der Waals surface area (Å²) in [6.45, 7) is -0.503. The van der Waals surface area contributed by atoms with Crippen molar-refractivity contribution in [2.75, 3.05) is 27.9 Å². The average Bonchev–Trinajstić information content (AvgIpc) is 3.31. The van der Waals surface area contributed by atoms with E-state index in [0.29, 0.717) is 28.4 Å². The van der Waals surface area contributed by atoms with E-state index in [9.17, 15) is 15.0 Å². The number of hydrogen-bond acceptors (Lipinski definition) is 6. The molecule has 0 bridgehead atoms. The molecular weight excluding hydrogens is 374 g/mol. The first kappa shape index (κ1) is 20.4. The number of benzene rings is 2. The molecule has 29 heavy (non-hydrogen) atoms. The maximum absolute atomic E-state index is 13.4. The second-order valence-electron chi connectivity index (χ2n) is 6.33. The Morgan fingerprint density at radius 3 is 2.24 bits per heavy atom. The molecule has 7 nitrogen and oxygen atoms in total. The van der Waals surface area contributed by atoms with Crippen LogP contribution in [0.1, 0.15) is 27.6 Å². The van der Waals surface area contributed by atoms with Crippen LogP contribution >= 0.6 is 0 Å². The Morgan fingerprint density at radius 1 is 1.03 bits per heavy atom. The zero-order chi connectivity index (χ0) is 21.0. The molecule has 0 aliphatic carbocycles. The highest BCUT2D eigenvalue weighted by atomic mass is 16.5. The molecule has 1 aromatic heterocycles. The molecule has 0 aliphatic heterocycles. The summed E-state index contributed by atoms with van der Waals surface area (Å²) in [7, 11) is 4.42. The van der Waals surface area contributed by atoms with Gasteiger partial charge in [-0.1, -0.05) is 12.1 Å². The standard InChI is InChI=1S/C22H23NO6/c1-27-19-10-14(11-20(28-2)22(19)29-3)21(26)16-9-13(17-5-4-8-23-17)6-7-15(16)18(25)12-24/h4-11,18,23-25H,12H2,1-3H3. The number of H-pyrrole nitrogens is 1. The number of carbonyl (C=O) groups is 1. The molecule has 0 fully saturated rings. The van der Waals surface area contributed by atoms with E-state index in [1.807, 2.05) is 12.1 Å². The maximum atomic E-state index is 13.4. The average molecular weight is 397 g/mol. The van der Waals surface area contributed by atoms with Gasteiger partial charge in [0, 0.05) is 23.0 Å². The summed E-state index contributed by atoms with van der Waals surface area (Å²) >= 11 is 0. The van der Waals surface area contributed by atoms with Crippen LogP contribution in [0.15, 0.2) is 48.7 Å². The molecule has 0 saturated heterocycles. The summed E-state index contributed by atoms with van der Waals surface area (Å²) in [5.41, 5.74) is 2.51. The third-order valence-corrected chi connectivity index (χ3v) is 4.67. The first-order valence-corrected chi connectivity index (χ1v) is 8.95. The van der Waals surface area contributed by atoms with Crippen molar-refractivity contribution in [1.82, 2.24) is 4.98 Å². The van der Waals surface area contributed by atoms with Crippen molar-refractivity contribution in [3.8, 4) is 28.5 Å². The molecule has 2 aromatic carbocycles. The maximum Gasteiger partial charge on any atom is 0.203 e. The Balaban J connectivity index is 2.16. The minimum atomic E-state index is -1.19. The van der Waals surface area contributed by atoms with Crippen molar-refractivity contribution in [3.05, 3.63) is 65.4 Å². The summed E-state index contributed by atoms with van der Waals surface area (Å²) in [5.74, 6) is 0.724. The van der Waals surface area contributed by atoms with Crippen molar-refractivity contribution in [3.63, 3.8) is 0 Å². The van der Waals surface area contributed by atoms with Crippen LogP contribution in [0.3, 0.4) is 0 Å². The highest BCUT2D eigenvalue weighted by Crippen LogP contribution is 2.39. The summed E-state index contributed by atoms with van der Waals surface area (Å²) in [5, 5.41) is 19.7. The summed E-state index contributed by atoms with van der Waals surface area (Å²) in [6, 6.07) is 12.0. The predicted molar refractivity (Wildman–Crippen MR) is 108 cm³/mol. The number of carbonyl (C=O) groups excluding carboxylic acids is 1. The van der Waals surface area contributed by atoms with Crippen molar-refractivity contribution in [2.24, 2.45) is 0 Å². The van der Waals surface area contributed by atoms with Gasteiger partial charge in [0.05, 0.1) is 27.9 Å². The molecule has 152 valence electrons. The van der Waals surface area contributed by atoms with Crippen LogP contribution in [0.4, 0.5) is 0 Å². The van der Waals surface area contributed by atoms with Crippen molar-refractivity contribution >= 4 is 5.78 Å². The van der Waals surface area contributed by atoms with Crippen molar-refractivity contribution in [1.29, 1.82) is 0 Å². The second kappa shape index (κ2) is 8.81. The Bertz CT molecular complexity index is 972. The van der Waals surface area contributed by atoms with Crippen molar-refractivity contribution < 1.29 is 29.2 Å². The number of hydrogen-bond donors (Lipinski definition) is 3. The van der Waals surface area contributed by atoms with Crippen molar-refractivity contribution in [2.45, 2.75) is 6.10 Å². The molecule has 1 heterocycles. The zero-order valence-electron chi connectivity index (χ0n) is 16.4. The van der Waals surface area contributed by atoms with Crippen LogP contribution in [0, 0.1) is 0 Å². The molecular formula is C22H23NO6. The number of aromatic amines is 1. The van der Waals surface area contributed by atoms with Gasteiger partial charge in [0.15, 0.2) is 17.3 Å². The number of methoxy groups -OCH3 is 3. The smallest absolute Gasteiger partial charge is 0.203 e. The minimum absolute atomic E-state index is 0.271. The number of nitrogens with one attached hydrogen (secondary N) is 1. The highest BCUT2D eigenvalue weighted by Gasteiger charge is 2.23. The van der Waals surface area contributed by atoms with Gasteiger partial charge < -0.3 is 29.4 Å². The van der Waals surface area contributed by atoms with Gasteiger partial charge in [-0.05, 0) is 41.5 Å². The first-order chi connectivity index (χ1) is 14.0. The lowest BCUT2D eigenvalue weighted by molar-refractivity contribution is 0.0918. The molecule has 3 rings (SSSR count). The highest BCUT2D eigenvalue weighted by molar-refractivity contribution is 6.11. The van der Waals surface area contributed by atoms with Gasteiger partial charge in [0.1, 0.15) is 6.10 Å². The topological polar surface area (TPSA) is 101 Å². The van der Waals surface area contributed by atoms with E-state index in [4.69, 9.17) is 14.2 Å². The minimum Gasteiger partial charge on any atom is -0.493 e. The lowest BCUT2D eigenvalue weighted by Gasteiger charge is -2.17. The Labute approximate surface area is 168 Å². The Morgan fingerprint density at radius 2 is 1.72 bits per heavy atom. The van der Waals surface area contributed by atoms with E-state index >= 15 is 0 Å². The fourth-order valence-corrected chi connectivity index (χ4v) is 3.19. The number of ketones is 1. The fraction of sp³-hybridized carbons (Fsp3) is 0.227. The predicted octanol–water partition coefficient (Wildman–Crippen LogP) is 2.96. The van der Waals surface area contributed by atoms with Crippen LogP contribution in [-0.4, -0.2) is 48.9 Å². The molecule has 0 amide bonds. The molecule has 0 spiro atoms. The molecule has 0 radical (unpaired) electrons. The monoisotopic (exact) mass is 397 g/mol. The SMILES string of the molecule is COc1cc(C(=O)c2cc(-c3ccc[nH]3)ccc2C(O)CO)cc(OC)c1OC. The lowest BCUT2D eigenvalue weighted by Crippen LogP contribution is -2.12. The summed E-state index contributed by atoms with van der Waals surface area (Å²) < 4.78 is 16.0. The molecule has 3 N–H and O–H groups in total. The third kappa shape index (κ3) is 3.96. The second-order valence-corrected chi connectivity index (χ2v) is 6.33. The molecule has 0 saturated carbocycles. The van der Waals surface area contributed by atoms with Crippen LogP contribution in [0.5, 0.6) is 17.2 Å². The summed E-state index contributed by atoms with van der Waals surface area (Å²) in [6.07, 6.45) is 0.598. The van der Waals surface area contributed by atoms with E-state index < -0.39 is 12.7 Å². The van der Waals surface area contributed by atoms with Gasteiger partial charge in [-0.25, -0.2) is 0 Å². The number of aliphatic hydroxyl groups excluding tert-OH is 2. The van der Waals surface area contributed by atoms with Gasteiger partial charge in [0.25, 0.3) is 0 Å². The number of ether oxygens (including phenoxy) is 3. The van der Waals surface area contributed by atoms with E-state index in [0.717, 1.165) is 11.3 Å². The molecule has 0 aliphatic rings. The normalized spacial score (nSPS) is 11.8. The van der Waals surface area contributed by atoms with E-state index in [2.05, 4.69) is 4.98 Å². The van der Waals surface area contributed by atoms with E-state index in [1.165, 1.54) is 21.3 Å². The van der Waals surface area contributed by atoms with E-state index in [-0.39, 0.29) is 11.3 Å². The Hall–Kier alpha value is -3.29. The Kier molecular flexibility index (Phi) is 6.21. The zero-order valence-corrected chi connectivity index (χ0v) is 16.4. The fourth-order valence-electron chi connectivity index (χ4n) is 3.19. The van der Waals surface area contributed by atoms with Crippen LogP contribution in [-0.2, 0) is 0 Å². The summed E-state index contributed by atoms with van der Waals surface area (Å²) in [4.78, 5) is 16.5. The van der Waals surface area contributed by atoms with Gasteiger partial charge in [-0.15, -0.1) is 0 Å². The third-order valence-electron chi connectivity index (χ3n) is 4.67. The molecule has 7 heteroatoms. The molecule has 1 unspecified atom stereocenters. The van der Waals surface area contributed by atoms with Crippen LogP contribution in [0.2, 0.25) is 0 Å². The first-order valence-electron chi connectivity index (χ1n) is 8.95.